The van der Waals surface area contributed by atoms with E-state index < -0.39 is 5.97 Å². The first-order valence-corrected chi connectivity index (χ1v) is 7.12. The Morgan fingerprint density at radius 3 is 2.63 bits per heavy atom. The molecule has 0 saturated heterocycles. The smallest absolute Gasteiger partial charge is 0.303 e. The summed E-state index contributed by atoms with van der Waals surface area (Å²) in [6, 6.07) is 7.45. The van der Waals surface area contributed by atoms with E-state index in [0.717, 1.165) is 21.1 Å². The molecule has 1 aromatic heterocycles. The molecule has 1 N–H and O–H groups in total. The Hall–Kier alpha value is -1.39. The first kappa shape index (κ1) is 14.0. The maximum atomic E-state index is 10.8. The molecule has 2 aromatic rings. The summed E-state index contributed by atoms with van der Waals surface area (Å²) in [5.74, 6) is -0.838. The maximum absolute atomic E-state index is 10.8. The first-order chi connectivity index (χ1) is 8.97. The van der Waals surface area contributed by atoms with Gasteiger partial charge in [0.1, 0.15) is 0 Å². The van der Waals surface area contributed by atoms with Gasteiger partial charge in [0.2, 0.25) is 0 Å². The van der Waals surface area contributed by atoms with Crippen LogP contribution in [0.2, 0.25) is 5.02 Å². The highest BCUT2D eigenvalue weighted by Crippen LogP contribution is 2.35. The van der Waals surface area contributed by atoms with Crippen LogP contribution >= 0.6 is 22.9 Å². The van der Waals surface area contributed by atoms with Crippen molar-refractivity contribution in [1.82, 2.24) is 4.98 Å². The number of hydrogen-bond donors (Lipinski definition) is 1. The van der Waals surface area contributed by atoms with Crippen molar-refractivity contribution in [1.29, 1.82) is 0 Å². The van der Waals surface area contributed by atoms with Crippen LogP contribution in [0.4, 0.5) is 0 Å². The maximum Gasteiger partial charge on any atom is 0.303 e. The molecular weight excluding hydrogens is 282 g/mol. The predicted octanol–water partition coefficient (Wildman–Crippen LogP) is 4.35. The lowest BCUT2D eigenvalue weighted by atomic mass is 10.0. The highest BCUT2D eigenvalue weighted by atomic mass is 35.5. The second-order valence-corrected chi connectivity index (χ2v) is 6.12. The summed E-state index contributed by atoms with van der Waals surface area (Å²) in [4.78, 5) is 16.4. The minimum atomic E-state index is -0.791. The van der Waals surface area contributed by atoms with Gasteiger partial charge >= 0.3 is 5.97 Å². The Balaban J connectivity index is 2.40. The minimum absolute atomic E-state index is 0.0469. The summed E-state index contributed by atoms with van der Waals surface area (Å²) < 4.78 is 0. The molecule has 5 heteroatoms. The van der Waals surface area contributed by atoms with Crippen LogP contribution in [-0.4, -0.2) is 16.1 Å². The molecule has 1 aromatic carbocycles. The molecule has 0 aliphatic heterocycles. The highest BCUT2D eigenvalue weighted by molar-refractivity contribution is 7.12. The number of aromatic nitrogens is 1. The fourth-order valence-electron chi connectivity index (χ4n) is 1.95. The number of carbonyl (C=O) groups is 1. The second kappa shape index (κ2) is 5.72. The Morgan fingerprint density at radius 2 is 2.05 bits per heavy atom. The molecule has 0 aliphatic rings. The van der Waals surface area contributed by atoms with Gasteiger partial charge in [-0.05, 0) is 19.1 Å². The summed E-state index contributed by atoms with van der Waals surface area (Å²) in [6.07, 6.45) is 0.113. The number of hydrogen-bond acceptors (Lipinski definition) is 3. The zero-order valence-electron chi connectivity index (χ0n) is 10.7. The zero-order chi connectivity index (χ0) is 14.0. The van der Waals surface area contributed by atoms with Gasteiger partial charge in [0.25, 0.3) is 0 Å². The van der Waals surface area contributed by atoms with E-state index in [9.17, 15) is 4.79 Å². The Morgan fingerprint density at radius 1 is 1.42 bits per heavy atom. The molecule has 0 radical (unpaired) electrons. The number of nitrogens with zero attached hydrogens (tertiary/aromatic N) is 1. The molecule has 0 bridgehead atoms. The molecular formula is C14H14ClNO2S. The van der Waals surface area contributed by atoms with Crippen molar-refractivity contribution in [3.63, 3.8) is 0 Å². The molecule has 3 nitrogen and oxygen atoms in total. The minimum Gasteiger partial charge on any atom is -0.481 e. The molecule has 1 heterocycles. The van der Waals surface area contributed by atoms with E-state index in [1.165, 1.54) is 0 Å². The van der Waals surface area contributed by atoms with E-state index in [1.54, 1.807) is 11.3 Å². The average Bonchev–Trinajstić information content (AvgIpc) is 2.71. The van der Waals surface area contributed by atoms with Gasteiger partial charge < -0.3 is 5.11 Å². The van der Waals surface area contributed by atoms with E-state index in [-0.39, 0.29) is 12.3 Å². The van der Waals surface area contributed by atoms with E-state index in [1.807, 2.05) is 38.1 Å². The number of aryl methyl sites for hydroxylation is 1. The molecule has 0 fully saturated rings. The number of aliphatic carboxylic acids is 1. The lowest BCUT2D eigenvalue weighted by Gasteiger charge is -2.08. The van der Waals surface area contributed by atoms with Gasteiger partial charge in [-0.25, -0.2) is 4.98 Å². The van der Waals surface area contributed by atoms with Gasteiger partial charge in [0.15, 0.2) is 0 Å². The molecule has 2 rings (SSSR count). The zero-order valence-corrected chi connectivity index (χ0v) is 12.3. The summed E-state index contributed by atoms with van der Waals surface area (Å²) in [5, 5.41) is 10.5. The third-order valence-corrected chi connectivity index (χ3v) is 4.26. The number of carboxylic acid groups (broad SMARTS) is 1. The summed E-state index contributed by atoms with van der Waals surface area (Å²) in [7, 11) is 0. The Kier molecular flexibility index (Phi) is 4.22. The fraction of sp³-hybridized carbons (Fsp3) is 0.286. The predicted molar refractivity (Wildman–Crippen MR) is 78.0 cm³/mol. The fourth-order valence-corrected chi connectivity index (χ4v) is 3.07. The van der Waals surface area contributed by atoms with Crippen molar-refractivity contribution in [2.45, 2.75) is 26.2 Å². The molecule has 100 valence electrons. The lowest BCUT2D eigenvalue weighted by molar-refractivity contribution is -0.137. The topological polar surface area (TPSA) is 50.2 Å². The van der Waals surface area contributed by atoms with E-state index >= 15 is 0 Å². The van der Waals surface area contributed by atoms with Gasteiger partial charge in [-0.2, -0.15) is 0 Å². The SMILES string of the molecule is Cc1nc(-c2ccc(Cl)cc2)c(C(C)CC(=O)O)s1. The van der Waals surface area contributed by atoms with Crippen LogP contribution in [-0.2, 0) is 4.79 Å². The van der Waals surface area contributed by atoms with Crippen LogP contribution in [0.3, 0.4) is 0 Å². The summed E-state index contributed by atoms with van der Waals surface area (Å²) in [5.41, 5.74) is 1.84. The molecule has 0 saturated carbocycles. The van der Waals surface area contributed by atoms with Crippen molar-refractivity contribution >= 4 is 28.9 Å². The lowest BCUT2D eigenvalue weighted by Crippen LogP contribution is -2.02. The third-order valence-electron chi connectivity index (χ3n) is 2.81. The largest absolute Gasteiger partial charge is 0.481 e. The standard InChI is InChI=1S/C14H14ClNO2S/c1-8(7-12(17)18)14-13(16-9(2)19-14)10-3-5-11(15)6-4-10/h3-6,8H,7H2,1-2H3,(H,17,18). The number of rotatable bonds is 4. The van der Waals surface area contributed by atoms with E-state index in [2.05, 4.69) is 4.98 Å². The summed E-state index contributed by atoms with van der Waals surface area (Å²) >= 11 is 7.44. The van der Waals surface area contributed by atoms with Crippen LogP contribution in [0.5, 0.6) is 0 Å². The Labute approximate surface area is 120 Å². The van der Waals surface area contributed by atoms with Gasteiger partial charge in [-0.3, -0.25) is 4.79 Å². The molecule has 0 spiro atoms. The molecule has 0 amide bonds. The van der Waals surface area contributed by atoms with Gasteiger partial charge in [-0.15, -0.1) is 11.3 Å². The first-order valence-electron chi connectivity index (χ1n) is 5.92. The van der Waals surface area contributed by atoms with Crippen molar-refractivity contribution < 1.29 is 9.90 Å². The van der Waals surface area contributed by atoms with E-state index in [4.69, 9.17) is 16.7 Å². The van der Waals surface area contributed by atoms with Crippen LogP contribution in [0, 0.1) is 6.92 Å². The molecule has 19 heavy (non-hydrogen) atoms. The van der Waals surface area contributed by atoms with Crippen LogP contribution in [0.1, 0.15) is 29.1 Å². The van der Waals surface area contributed by atoms with Gasteiger partial charge in [0, 0.05) is 21.4 Å². The number of benzene rings is 1. The quantitative estimate of drug-likeness (QED) is 0.912. The van der Waals surface area contributed by atoms with Crippen LogP contribution in [0.15, 0.2) is 24.3 Å². The molecule has 1 atom stereocenters. The number of thiazole rings is 1. The number of halogens is 1. The average molecular weight is 296 g/mol. The molecule has 0 aliphatic carbocycles. The Bertz CT molecular complexity index is 592. The van der Waals surface area contributed by atoms with Crippen LogP contribution in [0.25, 0.3) is 11.3 Å². The second-order valence-electron chi connectivity index (χ2n) is 4.45. The van der Waals surface area contributed by atoms with Gasteiger partial charge in [0.05, 0.1) is 17.1 Å². The molecule has 1 unspecified atom stereocenters. The van der Waals surface area contributed by atoms with Crippen LogP contribution < -0.4 is 0 Å². The third kappa shape index (κ3) is 3.33. The highest BCUT2D eigenvalue weighted by Gasteiger charge is 2.19. The summed E-state index contributed by atoms with van der Waals surface area (Å²) in [6.45, 7) is 3.85. The van der Waals surface area contributed by atoms with Crippen molar-refractivity contribution in [2.75, 3.05) is 0 Å². The van der Waals surface area contributed by atoms with E-state index in [0.29, 0.717) is 5.02 Å². The van der Waals surface area contributed by atoms with Crippen molar-refractivity contribution in [3.8, 4) is 11.3 Å². The number of carboxylic acids is 1. The monoisotopic (exact) mass is 295 g/mol. The van der Waals surface area contributed by atoms with Crippen molar-refractivity contribution in [2.24, 2.45) is 0 Å². The van der Waals surface area contributed by atoms with Crippen molar-refractivity contribution in [3.05, 3.63) is 39.2 Å². The normalized spacial score (nSPS) is 12.4. The van der Waals surface area contributed by atoms with Gasteiger partial charge in [-0.1, -0.05) is 30.7 Å².